The third-order valence-electron chi connectivity index (χ3n) is 3.76. The standard InChI is InChI=1S/C13H13BrClNO4S/c14-9-5-8(1-2-10(9)15)13(17)16-3-4-20-12-7-21(18,19)6-11(12)16/h1-2,5,11-12H,3-4,6-7H2. The molecule has 0 aliphatic carbocycles. The second-order valence-corrected chi connectivity index (χ2v) is 8.60. The molecule has 2 heterocycles. The Morgan fingerprint density at radius 3 is 2.86 bits per heavy atom. The van der Waals surface area contributed by atoms with Crippen molar-refractivity contribution in [3.8, 4) is 0 Å². The predicted octanol–water partition coefficient (Wildman–Crippen LogP) is 1.74. The van der Waals surface area contributed by atoms with Crippen LogP contribution in [0, 0.1) is 0 Å². The lowest BCUT2D eigenvalue weighted by molar-refractivity contribution is -0.0361. The molecule has 0 N–H and O–H groups in total. The minimum Gasteiger partial charge on any atom is -0.373 e. The summed E-state index contributed by atoms with van der Waals surface area (Å²) < 4.78 is 29.6. The zero-order chi connectivity index (χ0) is 15.2. The molecule has 0 bridgehead atoms. The van der Waals surface area contributed by atoms with Gasteiger partial charge in [0.1, 0.15) is 0 Å². The lowest BCUT2D eigenvalue weighted by atomic mass is 10.1. The molecule has 2 aliphatic heterocycles. The van der Waals surface area contributed by atoms with Gasteiger partial charge in [0.2, 0.25) is 0 Å². The molecule has 2 saturated heterocycles. The van der Waals surface area contributed by atoms with Gasteiger partial charge < -0.3 is 9.64 Å². The Kier molecular flexibility index (Phi) is 4.02. The molecule has 114 valence electrons. The van der Waals surface area contributed by atoms with E-state index in [4.69, 9.17) is 16.3 Å². The summed E-state index contributed by atoms with van der Waals surface area (Å²) in [6.45, 7) is 0.757. The van der Waals surface area contributed by atoms with Gasteiger partial charge in [-0.1, -0.05) is 11.6 Å². The lowest BCUT2D eigenvalue weighted by Crippen LogP contribution is -2.53. The maximum atomic E-state index is 12.6. The molecule has 1 aromatic carbocycles. The molecular weight excluding hydrogens is 382 g/mol. The lowest BCUT2D eigenvalue weighted by Gasteiger charge is -2.36. The number of benzene rings is 1. The van der Waals surface area contributed by atoms with E-state index < -0.39 is 22.0 Å². The molecular formula is C13H13BrClNO4S. The molecule has 2 aliphatic rings. The number of rotatable bonds is 1. The number of morpholine rings is 1. The van der Waals surface area contributed by atoms with Crippen LogP contribution in [0.1, 0.15) is 10.4 Å². The molecule has 0 radical (unpaired) electrons. The van der Waals surface area contributed by atoms with Gasteiger partial charge in [-0.25, -0.2) is 8.42 Å². The fraction of sp³-hybridized carbons (Fsp3) is 0.462. The summed E-state index contributed by atoms with van der Waals surface area (Å²) in [5.74, 6) is -0.230. The number of hydrogen-bond donors (Lipinski definition) is 0. The van der Waals surface area contributed by atoms with Crippen LogP contribution in [-0.2, 0) is 14.6 Å². The van der Waals surface area contributed by atoms with Gasteiger partial charge in [0.05, 0.1) is 35.3 Å². The molecule has 2 unspecified atom stereocenters. The summed E-state index contributed by atoms with van der Waals surface area (Å²) in [4.78, 5) is 14.2. The Balaban J connectivity index is 1.88. The first-order chi connectivity index (χ1) is 9.87. The first kappa shape index (κ1) is 15.3. The fourth-order valence-corrected chi connectivity index (χ4v) is 5.13. The third-order valence-corrected chi connectivity index (χ3v) is 6.66. The van der Waals surface area contributed by atoms with Crippen molar-refractivity contribution >= 4 is 43.3 Å². The highest BCUT2D eigenvalue weighted by Crippen LogP contribution is 2.28. The number of ether oxygens (including phenoxy) is 1. The number of nitrogens with zero attached hydrogens (tertiary/aromatic N) is 1. The zero-order valence-electron chi connectivity index (χ0n) is 11.0. The van der Waals surface area contributed by atoms with Crippen molar-refractivity contribution in [3.63, 3.8) is 0 Å². The summed E-state index contributed by atoms with van der Waals surface area (Å²) in [6.07, 6.45) is -0.413. The SMILES string of the molecule is O=C(c1ccc(Cl)c(Br)c1)N1CCOC2CS(=O)(=O)CC21. The molecule has 0 spiro atoms. The molecule has 2 fully saturated rings. The highest BCUT2D eigenvalue weighted by molar-refractivity contribution is 9.10. The molecule has 21 heavy (non-hydrogen) atoms. The van der Waals surface area contributed by atoms with E-state index in [1.54, 1.807) is 23.1 Å². The summed E-state index contributed by atoms with van der Waals surface area (Å²) in [5.41, 5.74) is 0.483. The highest BCUT2D eigenvalue weighted by Gasteiger charge is 2.45. The van der Waals surface area contributed by atoms with E-state index in [0.717, 1.165) is 0 Å². The molecule has 1 amide bonds. The van der Waals surface area contributed by atoms with Crippen LogP contribution in [0.2, 0.25) is 5.02 Å². The van der Waals surface area contributed by atoms with E-state index in [9.17, 15) is 13.2 Å². The first-order valence-corrected chi connectivity index (χ1v) is 9.45. The molecule has 8 heteroatoms. The van der Waals surface area contributed by atoms with Gasteiger partial charge in [0, 0.05) is 16.6 Å². The zero-order valence-corrected chi connectivity index (χ0v) is 14.1. The van der Waals surface area contributed by atoms with E-state index in [0.29, 0.717) is 28.2 Å². The Bertz CT molecular complexity index is 693. The van der Waals surface area contributed by atoms with Crippen molar-refractivity contribution in [1.82, 2.24) is 4.90 Å². The van der Waals surface area contributed by atoms with Crippen LogP contribution in [-0.4, -0.2) is 56.0 Å². The minimum absolute atomic E-state index is 0.00818. The van der Waals surface area contributed by atoms with E-state index in [1.807, 2.05) is 0 Å². The summed E-state index contributed by atoms with van der Waals surface area (Å²) >= 11 is 9.22. The summed E-state index contributed by atoms with van der Waals surface area (Å²) in [5, 5.41) is 0.523. The van der Waals surface area contributed by atoms with E-state index in [1.165, 1.54) is 0 Å². The average Bonchev–Trinajstić information content (AvgIpc) is 2.74. The molecule has 0 aromatic heterocycles. The smallest absolute Gasteiger partial charge is 0.254 e. The van der Waals surface area contributed by atoms with Crippen LogP contribution in [0.5, 0.6) is 0 Å². The van der Waals surface area contributed by atoms with Gasteiger partial charge >= 0.3 is 0 Å². The number of carbonyl (C=O) groups excluding carboxylic acids is 1. The van der Waals surface area contributed by atoms with Crippen LogP contribution in [0.25, 0.3) is 0 Å². The van der Waals surface area contributed by atoms with Gasteiger partial charge in [-0.15, -0.1) is 0 Å². The Hall–Kier alpha value is -0.630. The molecule has 3 rings (SSSR count). The second kappa shape index (κ2) is 5.53. The highest BCUT2D eigenvalue weighted by atomic mass is 79.9. The number of fused-ring (bicyclic) bond motifs is 1. The Morgan fingerprint density at radius 2 is 2.14 bits per heavy atom. The van der Waals surface area contributed by atoms with Gasteiger partial charge in [-0.05, 0) is 34.1 Å². The monoisotopic (exact) mass is 393 g/mol. The third kappa shape index (κ3) is 2.97. The number of halogens is 2. The quantitative estimate of drug-likeness (QED) is 0.728. The van der Waals surface area contributed by atoms with Gasteiger partial charge in [0.25, 0.3) is 5.91 Å². The van der Waals surface area contributed by atoms with Crippen molar-refractivity contribution in [1.29, 1.82) is 0 Å². The van der Waals surface area contributed by atoms with E-state index in [2.05, 4.69) is 15.9 Å². The predicted molar refractivity (Wildman–Crippen MR) is 82.4 cm³/mol. The molecule has 1 aromatic rings. The largest absolute Gasteiger partial charge is 0.373 e. The van der Waals surface area contributed by atoms with Gasteiger partial charge in [0.15, 0.2) is 9.84 Å². The van der Waals surface area contributed by atoms with Crippen LogP contribution in [0.15, 0.2) is 22.7 Å². The number of carbonyl (C=O) groups is 1. The molecule has 2 atom stereocenters. The van der Waals surface area contributed by atoms with Crippen molar-refractivity contribution in [2.75, 3.05) is 24.7 Å². The first-order valence-electron chi connectivity index (χ1n) is 6.45. The number of amides is 1. The van der Waals surface area contributed by atoms with Crippen LogP contribution < -0.4 is 0 Å². The molecule has 5 nitrogen and oxygen atoms in total. The maximum absolute atomic E-state index is 12.6. The van der Waals surface area contributed by atoms with Gasteiger partial charge in [-0.2, -0.15) is 0 Å². The normalized spacial score (nSPS) is 27.4. The van der Waals surface area contributed by atoms with Crippen molar-refractivity contribution < 1.29 is 17.9 Å². The fourth-order valence-electron chi connectivity index (χ4n) is 2.76. The minimum atomic E-state index is -3.14. The van der Waals surface area contributed by atoms with E-state index >= 15 is 0 Å². The molecule has 0 saturated carbocycles. The Labute approximate surface area is 136 Å². The second-order valence-electron chi connectivity index (χ2n) is 5.18. The van der Waals surface area contributed by atoms with Crippen molar-refractivity contribution in [3.05, 3.63) is 33.3 Å². The van der Waals surface area contributed by atoms with Crippen LogP contribution >= 0.6 is 27.5 Å². The van der Waals surface area contributed by atoms with Gasteiger partial charge in [-0.3, -0.25) is 4.79 Å². The van der Waals surface area contributed by atoms with Crippen molar-refractivity contribution in [2.45, 2.75) is 12.1 Å². The van der Waals surface area contributed by atoms with Crippen LogP contribution in [0.4, 0.5) is 0 Å². The number of sulfone groups is 1. The topological polar surface area (TPSA) is 63.7 Å². The summed E-state index contributed by atoms with van der Waals surface area (Å²) in [7, 11) is -3.14. The Morgan fingerprint density at radius 1 is 1.38 bits per heavy atom. The van der Waals surface area contributed by atoms with Crippen LogP contribution in [0.3, 0.4) is 0 Å². The van der Waals surface area contributed by atoms with Crippen molar-refractivity contribution in [2.24, 2.45) is 0 Å². The number of hydrogen-bond acceptors (Lipinski definition) is 4. The van der Waals surface area contributed by atoms with E-state index in [-0.39, 0.29) is 17.4 Å². The average molecular weight is 395 g/mol. The maximum Gasteiger partial charge on any atom is 0.254 e. The summed E-state index contributed by atoms with van der Waals surface area (Å²) in [6, 6.07) is 4.54.